The van der Waals surface area contributed by atoms with Gasteiger partial charge in [-0.1, -0.05) is 6.92 Å². The minimum Gasteiger partial charge on any atom is -0.384 e. The second kappa shape index (κ2) is 4.01. The molecule has 0 amide bonds. The fraction of sp³-hybridized carbons (Fsp3) is 0.500. The molecular weight excluding hydrogens is 154 g/mol. The lowest BCUT2D eigenvalue weighted by molar-refractivity contribution is 0.173. The third kappa shape index (κ3) is 2.17. The number of hydrogen-bond donors (Lipinski definition) is 3. The molecule has 4 heteroatoms. The predicted octanol–water partition coefficient (Wildman–Crippen LogP) is 0.0607. The van der Waals surface area contributed by atoms with Crippen molar-refractivity contribution in [3.05, 3.63) is 23.7 Å². The molecule has 0 radical (unpaired) electrons. The van der Waals surface area contributed by atoms with Crippen LogP contribution in [0.5, 0.6) is 0 Å². The molecule has 0 saturated carbocycles. The Morgan fingerprint density at radius 1 is 1.67 bits per heavy atom. The number of rotatable bonds is 3. The van der Waals surface area contributed by atoms with Crippen molar-refractivity contribution in [2.75, 3.05) is 13.7 Å². The zero-order valence-electron chi connectivity index (χ0n) is 7.42. The van der Waals surface area contributed by atoms with Crippen molar-refractivity contribution in [2.24, 2.45) is 11.7 Å². The van der Waals surface area contributed by atoms with E-state index in [4.69, 9.17) is 10.5 Å². The maximum Gasteiger partial charge on any atom is 0.115 e. The van der Waals surface area contributed by atoms with Crippen molar-refractivity contribution in [3.8, 4) is 0 Å². The molecule has 0 aromatic heterocycles. The van der Waals surface area contributed by atoms with Crippen LogP contribution in [0.4, 0.5) is 0 Å². The number of nitrogens with two attached hydrogens (primary N) is 1. The van der Waals surface area contributed by atoms with Gasteiger partial charge in [0.05, 0.1) is 6.61 Å². The summed E-state index contributed by atoms with van der Waals surface area (Å²) in [4.78, 5) is 0. The van der Waals surface area contributed by atoms with Crippen LogP contribution in [-0.4, -0.2) is 13.7 Å². The molecule has 1 aliphatic rings. The second-order valence-corrected chi connectivity index (χ2v) is 2.87. The van der Waals surface area contributed by atoms with Gasteiger partial charge < -0.3 is 15.9 Å². The first-order valence-electron chi connectivity index (χ1n) is 3.91. The highest BCUT2D eigenvalue weighted by molar-refractivity contribution is 5.25. The maximum atomic E-state index is 5.56. The summed E-state index contributed by atoms with van der Waals surface area (Å²) in [5.41, 5.74) is 12.4. The summed E-state index contributed by atoms with van der Waals surface area (Å²) in [6, 6.07) is 0. The summed E-state index contributed by atoms with van der Waals surface area (Å²) < 4.78 is 5.03. The first kappa shape index (κ1) is 8.93. The number of ether oxygens (including phenoxy) is 1. The second-order valence-electron chi connectivity index (χ2n) is 2.87. The van der Waals surface area contributed by atoms with Gasteiger partial charge >= 0.3 is 0 Å². The summed E-state index contributed by atoms with van der Waals surface area (Å²) in [5, 5.41) is 0. The first-order valence-corrected chi connectivity index (χ1v) is 3.91. The molecule has 1 atom stereocenters. The van der Waals surface area contributed by atoms with E-state index in [1.165, 1.54) is 0 Å². The van der Waals surface area contributed by atoms with E-state index in [9.17, 15) is 0 Å². The lowest BCUT2D eigenvalue weighted by Crippen LogP contribution is -2.34. The highest BCUT2D eigenvalue weighted by atomic mass is 16.5. The van der Waals surface area contributed by atoms with Crippen LogP contribution in [0.2, 0.25) is 0 Å². The van der Waals surface area contributed by atoms with Gasteiger partial charge in [0.15, 0.2) is 0 Å². The lowest BCUT2D eigenvalue weighted by Gasteiger charge is -2.18. The molecule has 1 aliphatic heterocycles. The topological polar surface area (TPSA) is 59.3 Å². The molecule has 4 N–H and O–H groups in total. The van der Waals surface area contributed by atoms with E-state index in [0.29, 0.717) is 18.3 Å². The minimum absolute atomic E-state index is 0.364. The van der Waals surface area contributed by atoms with Gasteiger partial charge in [-0.2, -0.15) is 0 Å². The molecule has 0 aliphatic carbocycles. The molecule has 0 aromatic carbocycles. The Balaban J connectivity index is 2.56. The predicted molar refractivity (Wildman–Crippen MR) is 47.7 cm³/mol. The van der Waals surface area contributed by atoms with E-state index in [1.807, 2.05) is 12.3 Å². The van der Waals surface area contributed by atoms with Crippen LogP contribution in [0.25, 0.3) is 0 Å². The van der Waals surface area contributed by atoms with Gasteiger partial charge in [-0.15, -0.1) is 0 Å². The van der Waals surface area contributed by atoms with Crippen LogP contribution >= 0.6 is 0 Å². The SMILES string of the molecule is COCC(C)C1=CNNC(N)=C1. The van der Waals surface area contributed by atoms with E-state index >= 15 is 0 Å². The fourth-order valence-electron chi connectivity index (χ4n) is 1.09. The zero-order valence-corrected chi connectivity index (χ0v) is 7.42. The average molecular weight is 169 g/mol. The normalized spacial score (nSPS) is 18.5. The van der Waals surface area contributed by atoms with Crippen molar-refractivity contribution >= 4 is 0 Å². The minimum atomic E-state index is 0.364. The fourth-order valence-corrected chi connectivity index (χ4v) is 1.09. The van der Waals surface area contributed by atoms with E-state index in [2.05, 4.69) is 17.8 Å². The van der Waals surface area contributed by atoms with Gasteiger partial charge in [-0.3, -0.25) is 5.43 Å². The van der Waals surface area contributed by atoms with Crippen LogP contribution in [0.15, 0.2) is 23.7 Å². The molecule has 1 rings (SSSR count). The smallest absolute Gasteiger partial charge is 0.115 e. The Bertz CT molecular complexity index is 210. The lowest BCUT2D eigenvalue weighted by atomic mass is 10.0. The highest BCUT2D eigenvalue weighted by Crippen LogP contribution is 2.13. The molecule has 1 heterocycles. The Kier molecular flexibility index (Phi) is 2.99. The first-order chi connectivity index (χ1) is 5.74. The van der Waals surface area contributed by atoms with Crippen LogP contribution < -0.4 is 16.6 Å². The van der Waals surface area contributed by atoms with E-state index in [0.717, 1.165) is 5.57 Å². The number of allylic oxidation sites excluding steroid dienone is 1. The molecule has 68 valence electrons. The summed E-state index contributed by atoms with van der Waals surface area (Å²) >= 11 is 0. The van der Waals surface area contributed by atoms with Gasteiger partial charge in [0.25, 0.3) is 0 Å². The third-order valence-corrected chi connectivity index (χ3v) is 1.76. The molecule has 0 spiro atoms. The van der Waals surface area contributed by atoms with Crippen molar-refractivity contribution in [1.29, 1.82) is 0 Å². The van der Waals surface area contributed by atoms with Crippen molar-refractivity contribution in [1.82, 2.24) is 10.9 Å². The number of hydrazine groups is 1. The standard InChI is InChI=1S/C8H15N3O/c1-6(5-12-2)7-3-8(9)11-10-4-7/h3-4,6,10-11H,5,9H2,1-2H3. The molecule has 4 nitrogen and oxygen atoms in total. The summed E-state index contributed by atoms with van der Waals surface area (Å²) in [5.74, 6) is 0.999. The summed E-state index contributed by atoms with van der Waals surface area (Å²) in [6.07, 6.45) is 3.79. The van der Waals surface area contributed by atoms with Crippen LogP contribution in [0, 0.1) is 5.92 Å². The monoisotopic (exact) mass is 169 g/mol. The molecular formula is C8H15N3O. The van der Waals surface area contributed by atoms with Gasteiger partial charge in [0.1, 0.15) is 5.82 Å². The molecule has 0 aromatic rings. The molecule has 0 bridgehead atoms. The largest absolute Gasteiger partial charge is 0.384 e. The number of nitrogens with one attached hydrogen (secondary N) is 2. The summed E-state index contributed by atoms with van der Waals surface area (Å²) in [6.45, 7) is 2.80. The van der Waals surface area contributed by atoms with Gasteiger partial charge in [0, 0.05) is 19.2 Å². The zero-order chi connectivity index (χ0) is 8.97. The molecule has 1 unspecified atom stereocenters. The Morgan fingerprint density at radius 2 is 2.42 bits per heavy atom. The Labute approximate surface area is 72.4 Å². The van der Waals surface area contributed by atoms with E-state index < -0.39 is 0 Å². The van der Waals surface area contributed by atoms with Crippen molar-refractivity contribution in [2.45, 2.75) is 6.92 Å². The van der Waals surface area contributed by atoms with Gasteiger partial charge in [0.2, 0.25) is 0 Å². The van der Waals surface area contributed by atoms with E-state index in [-0.39, 0.29) is 0 Å². The van der Waals surface area contributed by atoms with Crippen LogP contribution in [0.1, 0.15) is 6.92 Å². The highest BCUT2D eigenvalue weighted by Gasteiger charge is 2.09. The quantitative estimate of drug-likeness (QED) is 0.559. The Hall–Kier alpha value is -1.16. The van der Waals surface area contributed by atoms with Gasteiger partial charge in [-0.25, -0.2) is 0 Å². The van der Waals surface area contributed by atoms with Gasteiger partial charge in [-0.05, 0) is 11.6 Å². The van der Waals surface area contributed by atoms with Crippen LogP contribution in [0.3, 0.4) is 0 Å². The van der Waals surface area contributed by atoms with Crippen molar-refractivity contribution in [3.63, 3.8) is 0 Å². The third-order valence-electron chi connectivity index (χ3n) is 1.76. The summed E-state index contributed by atoms with van der Waals surface area (Å²) in [7, 11) is 1.69. The van der Waals surface area contributed by atoms with Crippen molar-refractivity contribution < 1.29 is 4.74 Å². The average Bonchev–Trinajstić information content (AvgIpc) is 2.05. The molecule has 0 saturated heterocycles. The van der Waals surface area contributed by atoms with E-state index in [1.54, 1.807) is 7.11 Å². The Morgan fingerprint density at radius 3 is 3.00 bits per heavy atom. The number of methoxy groups -OCH3 is 1. The molecule has 12 heavy (non-hydrogen) atoms. The molecule has 0 fully saturated rings. The number of hydrogen-bond acceptors (Lipinski definition) is 4. The van der Waals surface area contributed by atoms with Crippen LogP contribution in [-0.2, 0) is 4.74 Å². The maximum absolute atomic E-state index is 5.56.